The van der Waals surface area contributed by atoms with E-state index in [-0.39, 0.29) is 0 Å². The van der Waals surface area contributed by atoms with Gasteiger partial charge in [0, 0.05) is 0 Å². The first kappa shape index (κ1) is 14.4. The predicted octanol–water partition coefficient (Wildman–Crippen LogP) is 5.44. The monoisotopic (exact) mass is 361 g/mol. The normalized spacial score (nSPS) is 10.8. The summed E-state index contributed by atoms with van der Waals surface area (Å²) in [5, 5.41) is 1.43. The summed E-state index contributed by atoms with van der Waals surface area (Å²) in [6, 6.07) is 32.8. The van der Waals surface area contributed by atoms with Gasteiger partial charge in [-0.25, -0.2) is 0 Å². The molecule has 4 rings (SSSR count). The van der Waals surface area contributed by atoms with Crippen molar-refractivity contribution in [3.63, 3.8) is 0 Å². The van der Waals surface area contributed by atoms with Crippen LogP contribution in [0.5, 0.6) is 0 Å². The van der Waals surface area contributed by atoms with Crippen LogP contribution in [0.1, 0.15) is 11.1 Å². The maximum atomic E-state index is 2.42. The standard InChI is InChI=1S/C22H17Se/c1-3-9-17(10-4-1)15-19-16-22(18-11-5-2-6-12-18)23-21-14-8-7-13-20(19)21/h1-14,16H,15H2/q+1. The average molecular weight is 360 g/mol. The SMILES string of the molecule is c1ccc(Cc2cc(-c3ccccc3)[se+]c3ccccc23)cc1. The molecule has 0 aliphatic rings. The first-order valence-corrected chi connectivity index (χ1v) is 9.55. The van der Waals surface area contributed by atoms with Gasteiger partial charge in [-0.15, -0.1) is 0 Å². The van der Waals surface area contributed by atoms with Crippen LogP contribution in [0.2, 0.25) is 0 Å². The summed E-state index contributed by atoms with van der Waals surface area (Å²) in [6.07, 6.45) is 0.990. The topological polar surface area (TPSA) is 0 Å². The fourth-order valence-corrected chi connectivity index (χ4v) is 5.32. The molecule has 3 aromatic carbocycles. The van der Waals surface area contributed by atoms with Gasteiger partial charge in [0.15, 0.2) is 0 Å². The van der Waals surface area contributed by atoms with Crippen LogP contribution in [0.3, 0.4) is 0 Å². The first-order valence-electron chi connectivity index (χ1n) is 7.84. The van der Waals surface area contributed by atoms with E-state index in [0.29, 0.717) is 14.5 Å². The average Bonchev–Trinajstić information content (AvgIpc) is 2.63. The zero-order valence-electron chi connectivity index (χ0n) is 12.8. The molecule has 0 N–H and O–H groups in total. The van der Waals surface area contributed by atoms with Crippen LogP contribution in [0.15, 0.2) is 91.0 Å². The van der Waals surface area contributed by atoms with Gasteiger partial charge in [-0.05, 0) is 0 Å². The Morgan fingerprint density at radius 2 is 1.30 bits per heavy atom. The molecule has 0 fully saturated rings. The Balaban J connectivity index is 1.87. The zero-order valence-corrected chi connectivity index (χ0v) is 14.5. The van der Waals surface area contributed by atoms with Crippen molar-refractivity contribution in [1.29, 1.82) is 0 Å². The second kappa shape index (κ2) is 6.50. The molecule has 110 valence electrons. The number of hydrogen-bond donors (Lipinski definition) is 0. The van der Waals surface area contributed by atoms with Crippen LogP contribution in [0.4, 0.5) is 0 Å². The van der Waals surface area contributed by atoms with Gasteiger partial charge in [0.05, 0.1) is 0 Å². The zero-order chi connectivity index (χ0) is 15.5. The van der Waals surface area contributed by atoms with E-state index in [0.717, 1.165) is 6.42 Å². The summed E-state index contributed by atoms with van der Waals surface area (Å²) in [4.78, 5) is 0. The minimum absolute atomic E-state index is 0.373. The molecule has 0 bridgehead atoms. The van der Waals surface area contributed by atoms with Gasteiger partial charge in [0.25, 0.3) is 0 Å². The van der Waals surface area contributed by atoms with Crippen molar-refractivity contribution in [3.8, 4) is 10.0 Å². The summed E-state index contributed by atoms with van der Waals surface area (Å²) in [5.74, 6) is 0. The molecule has 0 aliphatic carbocycles. The van der Waals surface area contributed by atoms with Crippen LogP contribution in [-0.2, 0) is 6.42 Å². The van der Waals surface area contributed by atoms with Crippen molar-refractivity contribution in [1.82, 2.24) is 0 Å². The molecule has 23 heavy (non-hydrogen) atoms. The van der Waals surface area contributed by atoms with Gasteiger partial charge in [-0.2, -0.15) is 0 Å². The van der Waals surface area contributed by atoms with Crippen LogP contribution in [-0.4, -0.2) is 14.5 Å². The summed E-state index contributed by atoms with van der Waals surface area (Å²) < 4.78 is 2.97. The molecule has 4 aromatic rings. The Morgan fingerprint density at radius 1 is 0.652 bits per heavy atom. The Kier molecular flexibility index (Phi) is 4.06. The number of fused-ring (bicyclic) bond motifs is 1. The van der Waals surface area contributed by atoms with Crippen LogP contribution < -0.4 is 0 Å². The molecule has 0 atom stereocenters. The molecule has 0 saturated carbocycles. The van der Waals surface area contributed by atoms with Crippen molar-refractivity contribution < 1.29 is 0 Å². The van der Waals surface area contributed by atoms with Crippen LogP contribution in [0, 0.1) is 0 Å². The molecule has 0 spiro atoms. The van der Waals surface area contributed by atoms with Gasteiger partial charge in [0.1, 0.15) is 0 Å². The first-order chi connectivity index (χ1) is 11.4. The fourth-order valence-electron chi connectivity index (χ4n) is 2.91. The summed E-state index contributed by atoms with van der Waals surface area (Å²) in [5.41, 5.74) is 4.15. The van der Waals surface area contributed by atoms with E-state index in [1.807, 2.05) is 0 Å². The van der Waals surface area contributed by atoms with Gasteiger partial charge in [-0.1, -0.05) is 0 Å². The molecule has 0 nitrogen and oxygen atoms in total. The van der Waals surface area contributed by atoms with Crippen molar-refractivity contribution in [2.45, 2.75) is 6.42 Å². The third-order valence-corrected chi connectivity index (χ3v) is 6.47. The molecule has 1 heterocycles. The van der Waals surface area contributed by atoms with Crippen molar-refractivity contribution in [3.05, 3.63) is 102 Å². The Morgan fingerprint density at radius 3 is 2.09 bits per heavy atom. The second-order valence-corrected chi connectivity index (χ2v) is 7.93. The Hall–Kier alpha value is -2.21. The Labute approximate surface area is 142 Å². The molecule has 0 unspecified atom stereocenters. The third-order valence-electron chi connectivity index (χ3n) is 4.05. The number of benzene rings is 3. The van der Waals surface area contributed by atoms with E-state index in [1.165, 1.54) is 30.8 Å². The van der Waals surface area contributed by atoms with Crippen molar-refractivity contribution >= 4 is 24.1 Å². The van der Waals surface area contributed by atoms with Crippen LogP contribution in [0.25, 0.3) is 19.6 Å². The minimum atomic E-state index is 0.373. The Bertz CT molecular complexity index is 928. The quantitative estimate of drug-likeness (QED) is 0.427. The number of rotatable bonds is 3. The summed E-state index contributed by atoms with van der Waals surface area (Å²) >= 11 is 0.373. The van der Waals surface area contributed by atoms with Crippen molar-refractivity contribution in [2.24, 2.45) is 0 Å². The van der Waals surface area contributed by atoms with Gasteiger partial charge >= 0.3 is 143 Å². The summed E-state index contributed by atoms with van der Waals surface area (Å²) in [6.45, 7) is 0. The second-order valence-electron chi connectivity index (χ2n) is 5.66. The van der Waals surface area contributed by atoms with Gasteiger partial charge in [0.2, 0.25) is 0 Å². The molecule has 0 saturated heterocycles. The van der Waals surface area contributed by atoms with Gasteiger partial charge < -0.3 is 0 Å². The summed E-state index contributed by atoms with van der Waals surface area (Å²) in [7, 11) is 0. The van der Waals surface area contributed by atoms with Crippen molar-refractivity contribution in [2.75, 3.05) is 0 Å². The third kappa shape index (κ3) is 3.12. The van der Waals surface area contributed by atoms with E-state index in [2.05, 4.69) is 91.0 Å². The van der Waals surface area contributed by atoms with E-state index in [1.54, 1.807) is 0 Å². The molecular formula is C22H17Se+. The number of hydrogen-bond acceptors (Lipinski definition) is 0. The predicted molar refractivity (Wildman–Crippen MR) is 100.0 cm³/mol. The van der Waals surface area contributed by atoms with Gasteiger partial charge in [-0.3, -0.25) is 0 Å². The molecular weight excluding hydrogens is 343 g/mol. The molecule has 0 amide bonds. The molecule has 1 heteroatoms. The van der Waals surface area contributed by atoms with E-state index in [9.17, 15) is 0 Å². The maximum absolute atomic E-state index is 2.42. The van der Waals surface area contributed by atoms with E-state index in [4.69, 9.17) is 0 Å². The molecule has 0 aliphatic heterocycles. The van der Waals surface area contributed by atoms with Crippen LogP contribution >= 0.6 is 0 Å². The van der Waals surface area contributed by atoms with E-state index >= 15 is 0 Å². The molecule has 1 aromatic heterocycles. The van der Waals surface area contributed by atoms with E-state index < -0.39 is 0 Å². The molecule has 0 radical (unpaired) electrons. The fraction of sp³-hybridized carbons (Fsp3) is 0.0455.